The average Bonchev–Trinajstić information content (AvgIpc) is 3.31. The maximum absolute atomic E-state index is 12.9. The molecule has 7 heteroatoms. The Hall–Kier alpha value is -3.32. The fourth-order valence-electron chi connectivity index (χ4n) is 4.10. The number of anilines is 2. The molecule has 0 aliphatic carbocycles. The fraction of sp³-hybridized carbons (Fsp3) is 0.333. The van der Waals surface area contributed by atoms with Gasteiger partial charge in [-0.2, -0.15) is 0 Å². The Kier molecular flexibility index (Phi) is 6.23. The van der Waals surface area contributed by atoms with Crippen LogP contribution in [0.1, 0.15) is 18.5 Å². The van der Waals surface area contributed by atoms with Crippen LogP contribution in [0.5, 0.6) is 0 Å². The zero-order valence-corrected chi connectivity index (χ0v) is 18.0. The van der Waals surface area contributed by atoms with E-state index < -0.39 is 0 Å². The van der Waals surface area contributed by atoms with Crippen molar-refractivity contribution in [3.8, 4) is 5.69 Å². The molecule has 31 heavy (non-hydrogen) atoms. The van der Waals surface area contributed by atoms with E-state index in [1.54, 1.807) is 9.36 Å². The lowest BCUT2D eigenvalue weighted by atomic mass is 10.2. The van der Waals surface area contributed by atoms with Crippen molar-refractivity contribution in [2.75, 3.05) is 30.3 Å². The summed E-state index contributed by atoms with van der Waals surface area (Å²) in [5.41, 5.74) is 2.76. The summed E-state index contributed by atoms with van der Waals surface area (Å²) in [6.45, 7) is 4.39. The second kappa shape index (κ2) is 9.22. The van der Waals surface area contributed by atoms with Gasteiger partial charge in [-0.3, -0.25) is 14.3 Å². The summed E-state index contributed by atoms with van der Waals surface area (Å²) < 4.78 is 3.35. The van der Waals surface area contributed by atoms with Crippen LogP contribution in [-0.4, -0.2) is 45.8 Å². The summed E-state index contributed by atoms with van der Waals surface area (Å²) in [6.07, 6.45) is 1.41. The molecule has 1 saturated heterocycles. The number of carbonyl (C=O) groups is 1. The first-order valence-electron chi connectivity index (χ1n) is 10.7. The van der Waals surface area contributed by atoms with E-state index in [0.29, 0.717) is 24.7 Å². The average molecular weight is 420 g/mol. The van der Waals surface area contributed by atoms with Gasteiger partial charge in [-0.1, -0.05) is 36.4 Å². The molecule has 2 N–H and O–H groups in total. The van der Waals surface area contributed by atoms with Crippen LogP contribution in [0.25, 0.3) is 5.69 Å². The predicted octanol–water partition coefficient (Wildman–Crippen LogP) is 3.00. The number of hydrogen-bond donors (Lipinski definition) is 2. The number of rotatable bonds is 7. The molecular formula is C24H29N5O2. The molecule has 3 aromatic rings. The van der Waals surface area contributed by atoms with Gasteiger partial charge in [0.1, 0.15) is 5.69 Å². The van der Waals surface area contributed by atoms with Crippen LogP contribution in [0.2, 0.25) is 0 Å². The first-order valence-corrected chi connectivity index (χ1v) is 10.7. The normalized spacial score (nSPS) is 16.4. The van der Waals surface area contributed by atoms with E-state index in [2.05, 4.69) is 27.7 Å². The number of carbonyl (C=O) groups excluding carboxylic acids is 1. The first-order chi connectivity index (χ1) is 15.0. The van der Waals surface area contributed by atoms with Gasteiger partial charge in [0.2, 0.25) is 5.91 Å². The third-order valence-electron chi connectivity index (χ3n) is 5.89. The van der Waals surface area contributed by atoms with E-state index in [1.807, 2.05) is 62.5 Å². The Balaban J connectivity index is 1.33. The Labute approximate surface area is 182 Å². The fourth-order valence-corrected chi connectivity index (χ4v) is 4.10. The second-order valence-corrected chi connectivity index (χ2v) is 8.03. The minimum atomic E-state index is -0.215. The molecule has 2 aromatic carbocycles. The quantitative estimate of drug-likeness (QED) is 0.618. The number of amides is 1. The second-order valence-electron chi connectivity index (χ2n) is 8.03. The van der Waals surface area contributed by atoms with E-state index >= 15 is 0 Å². The van der Waals surface area contributed by atoms with E-state index in [1.165, 1.54) is 0 Å². The number of benzene rings is 2. The lowest BCUT2D eigenvalue weighted by Crippen LogP contribution is -2.29. The zero-order chi connectivity index (χ0) is 21.8. The van der Waals surface area contributed by atoms with Crippen LogP contribution >= 0.6 is 0 Å². The van der Waals surface area contributed by atoms with Gasteiger partial charge in [0.05, 0.1) is 11.4 Å². The molecule has 2 heterocycles. The molecule has 1 atom stereocenters. The first kappa shape index (κ1) is 20.9. The van der Waals surface area contributed by atoms with Crippen molar-refractivity contribution in [2.45, 2.75) is 25.8 Å². The predicted molar refractivity (Wildman–Crippen MR) is 124 cm³/mol. The van der Waals surface area contributed by atoms with Crippen molar-refractivity contribution in [3.63, 3.8) is 0 Å². The van der Waals surface area contributed by atoms with E-state index in [9.17, 15) is 9.59 Å². The van der Waals surface area contributed by atoms with Crippen LogP contribution in [-0.2, 0) is 11.8 Å². The van der Waals surface area contributed by atoms with Crippen LogP contribution in [0, 0.1) is 6.92 Å². The number of hydrogen-bond acceptors (Lipinski definition) is 4. The minimum absolute atomic E-state index is 0.134. The molecule has 0 radical (unpaired) electrons. The Morgan fingerprint density at radius 3 is 2.45 bits per heavy atom. The Morgan fingerprint density at radius 1 is 1.06 bits per heavy atom. The Bertz CT molecular complexity index is 1090. The van der Waals surface area contributed by atoms with Crippen LogP contribution in [0.3, 0.4) is 0 Å². The minimum Gasteiger partial charge on any atom is -0.381 e. The summed E-state index contributed by atoms with van der Waals surface area (Å²) in [5, 5.41) is 6.40. The summed E-state index contributed by atoms with van der Waals surface area (Å²) in [6, 6.07) is 20.0. The van der Waals surface area contributed by atoms with Gasteiger partial charge in [-0.25, -0.2) is 4.68 Å². The number of nitrogens with zero attached hydrogens (tertiary/aromatic N) is 3. The highest BCUT2D eigenvalue weighted by atomic mass is 16.2. The van der Waals surface area contributed by atoms with Crippen molar-refractivity contribution in [1.29, 1.82) is 0 Å². The van der Waals surface area contributed by atoms with Crippen molar-refractivity contribution < 1.29 is 4.79 Å². The molecule has 1 amide bonds. The monoisotopic (exact) mass is 419 g/mol. The highest BCUT2D eigenvalue weighted by Crippen LogP contribution is 2.17. The van der Waals surface area contributed by atoms with Crippen molar-refractivity contribution in [3.05, 3.63) is 76.7 Å². The van der Waals surface area contributed by atoms with E-state index in [4.69, 9.17) is 0 Å². The molecule has 4 rings (SSSR count). The SMILES string of the molecule is Cc1c(NC(=O)CCN2CCC(Nc3ccccc3)C2)c(=O)n(-c2ccccc2)n1C. The lowest BCUT2D eigenvalue weighted by molar-refractivity contribution is -0.116. The number of likely N-dealkylation sites (tertiary alicyclic amines) is 1. The van der Waals surface area contributed by atoms with Gasteiger partial charge in [0.15, 0.2) is 0 Å². The third-order valence-corrected chi connectivity index (χ3v) is 5.89. The Morgan fingerprint density at radius 2 is 1.74 bits per heavy atom. The zero-order valence-electron chi connectivity index (χ0n) is 18.0. The van der Waals surface area contributed by atoms with Gasteiger partial charge in [0, 0.05) is 44.8 Å². The van der Waals surface area contributed by atoms with Gasteiger partial charge in [0.25, 0.3) is 5.56 Å². The summed E-state index contributed by atoms with van der Waals surface area (Å²) in [7, 11) is 1.82. The maximum atomic E-state index is 12.9. The van der Waals surface area contributed by atoms with Gasteiger partial charge in [-0.15, -0.1) is 0 Å². The van der Waals surface area contributed by atoms with Gasteiger partial charge >= 0.3 is 0 Å². The van der Waals surface area contributed by atoms with Gasteiger partial charge in [-0.05, 0) is 37.6 Å². The standard InChI is InChI=1S/C24H29N5O2/c1-18-23(24(31)29(27(18)2)21-11-7-4-8-12-21)26-22(30)14-16-28-15-13-20(17-28)25-19-9-5-3-6-10-19/h3-12,20,25H,13-17H2,1-2H3,(H,26,30). The molecule has 162 valence electrons. The van der Waals surface area contributed by atoms with Crippen molar-refractivity contribution in [2.24, 2.45) is 7.05 Å². The highest BCUT2D eigenvalue weighted by molar-refractivity contribution is 5.91. The molecule has 1 unspecified atom stereocenters. The highest BCUT2D eigenvalue weighted by Gasteiger charge is 2.23. The number of nitrogens with one attached hydrogen (secondary N) is 2. The van der Waals surface area contributed by atoms with Crippen molar-refractivity contribution in [1.82, 2.24) is 14.3 Å². The van der Waals surface area contributed by atoms with Gasteiger partial charge < -0.3 is 15.5 Å². The third kappa shape index (κ3) is 4.72. The largest absolute Gasteiger partial charge is 0.381 e. The number of aromatic nitrogens is 2. The topological polar surface area (TPSA) is 71.3 Å². The lowest BCUT2D eigenvalue weighted by Gasteiger charge is -2.17. The molecule has 0 spiro atoms. The molecule has 7 nitrogen and oxygen atoms in total. The molecule has 1 fully saturated rings. The van der Waals surface area contributed by atoms with Crippen LogP contribution < -0.4 is 16.2 Å². The van der Waals surface area contributed by atoms with Crippen LogP contribution in [0.4, 0.5) is 11.4 Å². The van der Waals surface area contributed by atoms with Crippen molar-refractivity contribution >= 4 is 17.3 Å². The van der Waals surface area contributed by atoms with E-state index in [-0.39, 0.29) is 11.5 Å². The molecule has 1 aliphatic heterocycles. The summed E-state index contributed by atoms with van der Waals surface area (Å²) >= 11 is 0. The number of para-hydroxylation sites is 2. The molecule has 0 saturated carbocycles. The van der Waals surface area contributed by atoms with Crippen LogP contribution in [0.15, 0.2) is 65.5 Å². The molecule has 1 aromatic heterocycles. The smallest absolute Gasteiger partial charge is 0.295 e. The van der Waals surface area contributed by atoms with E-state index in [0.717, 1.165) is 36.6 Å². The summed E-state index contributed by atoms with van der Waals surface area (Å²) in [4.78, 5) is 27.8. The molecule has 1 aliphatic rings. The molecular weight excluding hydrogens is 390 g/mol. The molecule has 0 bridgehead atoms. The summed E-state index contributed by atoms with van der Waals surface area (Å²) in [5.74, 6) is -0.134. The maximum Gasteiger partial charge on any atom is 0.295 e.